The summed E-state index contributed by atoms with van der Waals surface area (Å²) in [4.78, 5) is 32.1. The smallest absolute Gasteiger partial charge is 0.230 e. The molecule has 0 bridgehead atoms. The molecule has 0 aliphatic heterocycles. The Morgan fingerprint density at radius 1 is 0.628 bits per heavy atom. The molecule has 0 saturated heterocycles. The Hall–Kier alpha value is -4.75. The minimum Gasteiger partial charge on any atom is -0.496 e. The van der Waals surface area contributed by atoms with E-state index in [1.807, 2.05) is 48.2 Å². The van der Waals surface area contributed by atoms with Gasteiger partial charge in [0, 0.05) is 58.5 Å². The Morgan fingerprint density at radius 3 is 1.54 bits per heavy atom. The lowest BCUT2D eigenvalue weighted by Crippen LogP contribution is -2.46. The van der Waals surface area contributed by atoms with Crippen molar-refractivity contribution in [2.75, 3.05) is 37.1 Å². The van der Waals surface area contributed by atoms with Gasteiger partial charge in [-0.25, -0.2) is 0 Å². The number of aliphatic hydroxyl groups is 1. The van der Waals surface area contributed by atoms with Crippen LogP contribution in [0.3, 0.4) is 0 Å². The van der Waals surface area contributed by atoms with Gasteiger partial charge in [-0.15, -0.1) is 0 Å². The number of halogens is 1. The van der Waals surface area contributed by atoms with Crippen molar-refractivity contribution in [1.82, 2.24) is 5.16 Å². The van der Waals surface area contributed by atoms with E-state index in [4.69, 9.17) is 18.4 Å². The minimum atomic E-state index is -1.80. The number of hydrogen-bond acceptors (Lipinski definition) is 8. The third-order valence-electron chi connectivity index (χ3n) is 18.4. The fraction of sp³-hybridized carbons (Fsp3) is 0.561. The second-order valence-corrected chi connectivity index (χ2v) is 30.7. The summed E-state index contributed by atoms with van der Waals surface area (Å²) in [5, 5.41) is 14.3. The summed E-state index contributed by atoms with van der Waals surface area (Å²) in [7, 11) is 1.66. The Balaban J connectivity index is 0.000000206. The first kappa shape index (κ1) is 59.4. The van der Waals surface area contributed by atoms with E-state index in [2.05, 4.69) is 128 Å². The SMILES string of the molecule is COc1ccc(C2CCC(CN(C(=O)C3CCC(O)CC3)c3cccc(-c4cc(C)no4)c3)CC2)cc1C.COc1ccc(C2CCC(CN(C(=O)C3CCC(O[Si](C)(C)C(C)(C)C)CC3)c3cccc(Br)c3)CC2)cc1C. The number of ether oxygens (including phenoxy) is 2. The summed E-state index contributed by atoms with van der Waals surface area (Å²) in [6, 6.07) is 31.5. The number of benzene rings is 4. The molecule has 4 aliphatic carbocycles. The highest BCUT2D eigenvalue weighted by atomic mass is 79.9. The van der Waals surface area contributed by atoms with Gasteiger partial charge in [0.2, 0.25) is 11.8 Å². The molecule has 0 spiro atoms. The standard InChI is InChI=1S/C34H50BrNO3Si.C32H40N2O4/c1-24-21-28(17-20-32(24)38-5)26-13-11-25(12-14-26)23-36(30-10-8-9-29(35)22-30)33(37)27-15-18-31(19-16-27)39-40(6,7)34(2,3)4;1-21-17-26(13-16-30(21)37-3)24-9-7-23(8-10-24)20-34(32(36)25-11-14-29(35)15-12-25)28-6-4-5-27(19-28)31-18-22(2)33-38-31/h8-10,17,20-22,25-27,31H,11-16,18-19,23H2,1-7H3;4-6,13,16-19,23-25,29,35H,7-12,14-15,20H2,1-3H3. The highest BCUT2D eigenvalue weighted by Gasteiger charge is 2.41. The van der Waals surface area contributed by atoms with Crippen molar-refractivity contribution in [3.63, 3.8) is 0 Å². The van der Waals surface area contributed by atoms with Crippen LogP contribution in [0.2, 0.25) is 18.1 Å². The van der Waals surface area contributed by atoms with E-state index in [0.717, 1.165) is 129 Å². The summed E-state index contributed by atoms with van der Waals surface area (Å²) >= 11 is 3.64. The molecule has 10 nitrogen and oxygen atoms in total. The van der Waals surface area contributed by atoms with Gasteiger partial charge < -0.3 is 33.3 Å². The second kappa shape index (κ2) is 26.7. The molecular weight excluding hydrogens is 1050 g/mol. The molecule has 9 rings (SSSR count). The number of carbonyl (C=O) groups is 2. The van der Waals surface area contributed by atoms with Crippen molar-refractivity contribution in [2.45, 2.75) is 186 Å². The molecule has 78 heavy (non-hydrogen) atoms. The zero-order chi connectivity index (χ0) is 55.7. The Morgan fingerprint density at radius 2 is 1.10 bits per heavy atom. The van der Waals surface area contributed by atoms with Crippen LogP contribution in [-0.4, -0.2) is 69.9 Å². The van der Waals surface area contributed by atoms with Crippen molar-refractivity contribution in [2.24, 2.45) is 23.7 Å². The lowest BCUT2D eigenvalue weighted by molar-refractivity contribution is -0.124. The number of hydrogen-bond donors (Lipinski definition) is 1. The quantitative estimate of drug-likeness (QED) is 0.103. The van der Waals surface area contributed by atoms with Gasteiger partial charge >= 0.3 is 0 Å². The van der Waals surface area contributed by atoms with Gasteiger partial charge in [0.05, 0.1) is 26.0 Å². The average molecular weight is 1150 g/mol. The molecule has 0 radical (unpaired) electrons. The van der Waals surface area contributed by atoms with E-state index in [-0.39, 0.29) is 28.9 Å². The number of amides is 2. The molecule has 12 heteroatoms. The molecule has 4 saturated carbocycles. The molecule has 4 aromatic carbocycles. The van der Waals surface area contributed by atoms with Crippen LogP contribution in [0.5, 0.6) is 11.5 Å². The van der Waals surface area contributed by atoms with Gasteiger partial charge in [-0.1, -0.05) is 84.3 Å². The predicted octanol–water partition coefficient (Wildman–Crippen LogP) is 16.5. The topological polar surface area (TPSA) is 115 Å². The molecule has 4 fully saturated rings. The maximum atomic E-state index is 14.1. The first-order valence-electron chi connectivity index (χ1n) is 29.4. The van der Waals surface area contributed by atoms with E-state index in [1.54, 1.807) is 14.2 Å². The number of anilines is 2. The van der Waals surface area contributed by atoms with Gasteiger partial charge in [-0.3, -0.25) is 9.59 Å². The summed E-state index contributed by atoms with van der Waals surface area (Å²) in [5.41, 5.74) is 8.91. The van der Waals surface area contributed by atoms with Crippen LogP contribution in [0.4, 0.5) is 11.4 Å². The average Bonchev–Trinajstić information content (AvgIpc) is 3.89. The number of aromatic nitrogens is 1. The Kier molecular flexibility index (Phi) is 20.3. The molecule has 4 aliphatic rings. The van der Waals surface area contributed by atoms with Crippen molar-refractivity contribution in [1.29, 1.82) is 0 Å². The van der Waals surface area contributed by atoms with E-state index in [0.29, 0.717) is 54.3 Å². The van der Waals surface area contributed by atoms with Gasteiger partial charge in [-0.2, -0.15) is 0 Å². The predicted molar refractivity (Wildman–Crippen MR) is 322 cm³/mol. The van der Waals surface area contributed by atoms with Gasteiger partial charge in [0.15, 0.2) is 14.1 Å². The van der Waals surface area contributed by atoms with Crippen LogP contribution in [0, 0.1) is 44.4 Å². The fourth-order valence-corrected chi connectivity index (χ4v) is 14.4. The number of aryl methyl sites for hydroxylation is 3. The van der Waals surface area contributed by atoms with Crippen LogP contribution in [-0.2, 0) is 14.0 Å². The van der Waals surface area contributed by atoms with Gasteiger partial charge in [0.1, 0.15) is 11.5 Å². The monoisotopic (exact) mass is 1140 g/mol. The number of methoxy groups -OCH3 is 2. The molecule has 5 aromatic rings. The van der Waals surface area contributed by atoms with Crippen LogP contribution in [0.15, 0.2) is 100.0 Å². The first-order valence-corrected chi connectivity index (χ1v) is 33.1. The summed E-state index contributed by atoms with van der Waals surface area (Å²) in [6.07, 6.45) is 15.9. The summed E-state index contributed by atoms with van der Waals surface area (Å²) in [5.74, 6) is 5.28. The second-order valence-electron chi connectivity index (χ2n) is 25.0. The van der Waals surface area contributed by atoms with E-state index < -0.39 is 8.32 Å². The normalized spacial score (nSPS) is 23.8. The number of rotatable bonds is 15. The fourth-order valence-electron chi connectivity index (χ4n) is 12.6. The largest absolute Gasteiger partial charge is 0.496 e. The van der Waals surface area contributed by atoms with E-state index >= 15 is 0 Å². The molecular formula is C66H90BrN3O7Si. The first-order chi connectivity index (χ1) is 37.3. The van der Waals surface area contributed by atoms with Crippen LogP contribution in [0.25, 0.3) is 11.3 Å². The lowest BCUT2D eigenvalue weighted by Gasteiger charge is -2.41. The molecule has 0 atom stereocenters. The molecule has 1 aromatic heterocycles. The molecule has 0 unspecified atom stereocenters. The van der Waals surface area contributed by atoms with E-state index in [1.165, 1.54) is 35.1 Å². The lowest BCUT2D eigenvalue weighted by atomic mass is 9.78. The summed E-state index contributed by atoms with van der Waals surface area (Å²) in [6.45, 7) is 19.3. The maximum Gasteiger partial charge on any atom is 0.230 e. The molecule has 1 N–H and O–H groups in total. The summed E-state index contributed by atoms with van der Waals surface area (Å²) < 4.78 is 24.2. The van der Waals surface area contributed by atoms with Crippen LogP contribution in [0.1, 0.15) is 163 Å². The van der Waals surface area contributed by atoms with Gasteiger partial charge in [-0.05, 0) is 230 Å². The van der Waals surface area contributed by atoms with Crippen molar-refractivity contribution in [3.05, 3.63) is 123 Å². The Bertz CT molecular complexity index is 2760. The highest BCUT2D eigenvalue weighted by molar-refractivity contribution is 9.10. The van der Waals surface area contributed by atoms with Crippen molar-refractivity contribution < 1.29 is 33.1 Å². The van der Waals surface area contributed by atoms with Crippen LogP contribution < -0.4 is 19.3 Å². The number of carbonyl (C=O) groups excluding carboxylic acids is 2. The maximum absolute atomic E-state index is 14.1. The van der Waals surface area contributed by atoms with Crippen LogP contribution >= 0.6 is 15.9 Å². The third-order valence-corrected chi connectivity index (χ3v) is 23.4. The highest BCUT2D eigenvalue weighted by Crippen LogP contribution is 2.43. The van der Waals surface area contributed by atoms with Crippen molar-refractivity contribution >= 4 is 47.4 Å². The number of aliphatic hydroxyl groups excluding tert-OH is 1. The number of nitrogens with zero attached hydrogens (tertiary/aromatic N) is 3. The Labute approximate surface area is 476 Å². The molecule has 2 amide bonds. The zero-order valence-electron chi connectivity index (χ0n) is 48.6. The minimum absolute atomic E-state index is 0.0341. The third kappa shape index (κ3) is 15.2. The van der Waals surface area contributed by atoms with Crippen molar-refractivity contribution in [3.8, 4) is 22.8 Å². The van der Waals surface area contributed by atoms with Gasteiger partial charge in [0.25, 0.3) is 0 Å². The molecule has 422 valence electrons. The molecule has 1 heterocycles. The van der Waals surface area contributed by atoms with E-state index in [9.17, 15) is 14.7 Å². The zero-order valence-corrected chi connectivity index (χ0v) is 51.2.